The molecule has 1 aliphatic rings. The van der Waals surface area contributed by atoms with Crippen molar-refractivity contribution in [1.29, 1.82) is 0 Å². The van der Waals surface area contributed by atoms with Gasteiger partial charge in [-0.3, -0.25) is 0 Å². The summed E-state index contributed by atoms with van der Waals surface area (Å²) in [7, 11) is 0. The highest BCUT2D eigenvalue weighted by Crippen LogP contribution is 2.34. The zero-order chi connectivity index (χ0) is 16.2. The summed E-state index contributed by atoms with van der Waals surface area (Å²) in [5.74, 6) is -0.105. The molecule has 1 rings (SSSR count). The number of carboxylic acid groups (broad SMARTS) is 1. The van der Waals surface area contributed by atoms with Crippen LogP contribution in [0.15, 0.2) is 0 Å². The van der Waals surface area contributed by atoms with Crippen molar-refractivity contribution in [3.8, 4) is 0 Å². The molecule has 5 heteroatoms. The largest absolute Gasteiger partial charge is 0.480 e. The third-order valence-corrected chi connectivity index (χ3v) is 4.31. The summed E-state index contributed by atoms with van der Waals surface area (Å²) in [5.41, 5.74) is 0.268. The first-order chi connectivity index (χ1) is 9.61. The molecule has 0 aromatic carbocycles. The van der Waals surface area contributed by atoms with E-state index in [-0.39, 0.29) is 17.4 Å². The standard InChI is InChI=1S/C16H30N2O3/c1-11(2)10-13(14(19)20)17-15(21)18-8-6-12(7-9-18)16(3,4)5/h11-13H,6-10H2,1-5H3,(H,17,21)(H,19,20). The number of carbonyl (C=O) groups is 2. The summed E-state index contributed by atoms with van der Waals surface area (Å²) in [6.07, 6.45) is 2.43. The number of likely N-dealkylation sites (tertiary alicyclic amines) is 1. The lowest BCUT2D eigenvalue weighted by Gasteiger charge is -2.39. The zero-order valence-corrected chi connectivity index (χ0v) is 14.0. The molecule has 1 fully saturated rings. The Morgan fingerprint density at radius 3 is 2.14 bits per heavy atom. The minimum Gasteiger partial charge on any atom is -0.480 e. The van der Waals surface area contributed by atoms with E-state index in [0.29, 0.717) is 25.4 Å². The highest BCUT2D eigenvalue weighted by atomic mass is 16.4. The monoisotopic (exact) mass is 298 g/mol. The maximum Gasteiger partial charge on any atom is 0.326 e. The van der Waals surface area contributed by atoms with Crippen LogP contribution in [0.2, 0.25) is 0 Å². The summed E-state index contributed by atoms with van der Waals surface area (Å²) in [4.78, 5) is 25.2. The first-order valence-electron chi connectivity index (χ1n) is 7.89. The van der Waals surface area contributed by atoms with Crippen LogP contribution in [0.4, 0.5) is 4.79 Å². The lowest BCUT2D eigenvalue weighted by Crippen LogP contribution is -2.51. The number of hydrogen-bond acceptors (Lipinski definition) is 2. The van der Waals surface area contributed by atoms with Gasteiger partial charge in [0.25, 0.3) is 0 Å². The number of urea groups is 1. The van der Waals surface area contributed by atoms with Crippen LogP contribution in [-0.4, -0.2) is 41.1 Å². The Bertz CT molecular complexity index is 366. The highest BCUT2D eigenvalue weighted by molar-refractivity contribution is 5.82. The van der Waals surface area contributed by atoms with E-state index in [1.54, 1.807) is 4.90 Å². The molecule has 1 saturated heterocycles. The lowest BCUT2D eigenvalue weighted by atomic mass is 9.75. The van der Waals surface area contributed by atoms with Gasteiger partial charge >= 0.3 is 12.0 Å². The molecule has 0 bridgehead atoms. The molecular weight excluding hydrogens is 268 g/mol. The molecule has 0 aromatic heterocycles. The Morgan fingerprint density at radius 2 is 1.76 bits per heavy atom. The lowest BCUT2D eigenvalue weighted by molar-refractivity contribution is -0.139. The van der Waals surface area contributed by atoms with E-state index in [1.165, 1.54) is 0 Å². The molecule has 122 valence electrons. The third-order valence-electron chi connectivity index (χ3n) is 4.31. The molecular formula is C16H30N2O3. The average molecular weight is 298 g/mol. The normalized spacial score (nSPS) is 18.7. The van der Waals surface area contributed by atoms with Crippen LogP contribution in [0.5, 0.6) is 0 Å². The van der Waals surface area contributed by atoms with E-state index < -0.39 is 12.0 Å². The molecule has 0 saturated carbocycles. The quantitative estimate of drug-likeness (QED) is 0.838. The van der Waals surface area contributed by atoms with Crippen molar-refractivity contribution in [3.63, 3.8) is 0 Å². The van der Waals surface area contributed by atoms with Gasteiger partial charge in [-0.25, -0.2) is 9.59 Å². The smallest absolute Gasteiger partial charge is 0.326 e. The second kappa shape index (κ2) is 7.14. The average Bonchev–Trinajstić information content (AvgIpc) is 2.36. The Morgan fingerprint density at radius 1 is 1.24 bits per heavy atom. The Hall–Kier alpha value is -1.26. The van der Waals surface area contributed by atoms with Crippen LogP contribution in [-0.2, 0) is 4.79 Å². The fourth-order valence-electron chi connectivity index (χ4n) is 2.88. The minimum absolute atomic E-state index is 0.234. The van der Waals surface area contributed by atoms with Crippen molar-refractivity contribution in [1.82, 2.24) is 10.2 Å². The third kappa shape index (κ3) is 5.56. The molecule has 2 amide bonds. The van der Waals surface area contributed by atoms with Crippen LogP contribution in [0, 0.1) is 17.3 Å². The first kappa shape index (κ1) is 17.8. The Labute approximate surface area is 128 Å². The molecule has 0 aromatic rings. The van der Waals surface area contributed by atoms with Gasteiger partial charge in [-0.05, 0) is 36.5 Å². The number of rotatable bonds is 4. The fourth-order valence-corrected chi connectivity index (χ4v) is 2.88. The van der Waals surface area contributed by atoms with E-state index in [2.05, 4.69) is 26.1 Å². The molecule has 0 spiro atoms. The second-order valence-electron chi connectivity index (χ2n) is 7.60. The molecule has 0 radical (unpaired) electrons. The van der Waals surface area contributed by atoms with Crippen molar-refractivity contribution in [2.45, 2.75) is 59.9 Å². The molecule has 1 unspecified atom stereocenters. The molecule has 21 heavy (non-hydrogen) atoms. The molecule has 0 aliphatic carbocycles. The van der Waals surface area contributed by atoms with Gasteiger partial charge in [0, 0.05) is 13.1 Å². The summed E-state index contributed by atoms with van der Waals surface area (Å²) in [6.45, 7) is 12.0. The van der Waals surface area contributed by atoms with Gasteiger partial charge in [-0.15, -0.1) is 0 Å². The van der Waals surface area contributed by atoms with Crippen LogP contribution in [0.25, 0.3) is 0 Å². The summed E-state index contributed by atoms with van der Waals surface area (Å²) >= 11 is 0. The Balaban J connectivity index is 2.51. The summed E-state index contributed by atoms with van der Waals surface area (Å²) in [6, 6.07) is -1.03. The van der Waals surface area contributed by atoms with Crippen molar-refractivity contribution < 1.29 is 14.7 Å². The van der Waals surface area contributed by atoms with Crippen LogP contribution in [0.3, 0.4) is 0 Å². The van der Waals surface area contributed by atoms with E-state index >= 15 is 0 Å². The number of amides is 2. The van der Waals surface area contributed by atoms with Crippen molar-refractivity contribution in [3.05, 3.63) is 0 Å². The maximum atomic E-state index is 12.2. The Kier molecular flexibility index (Phi) is 6.05. The predicted molar refractivity (Wildman–Crippen MR) is 83.2 cm³/mol. The van der Waals surface area contributed by atoms with Gasteiger partial charge in [-0.2, -0.15) is 0 Å². The number of nitrogens with one attached hydrogen (secondary N) is 1. The highest BCUT2D eigenvalue weighted by Gasteiger charge is 2.31. The maximum absolute atomic E-state index is 12.2. The van der Waals surface area contributed by atoms with Gasteiger partial charge in [0.2, 0.25) is 0 Å². The molecule has 1 heterocycles. The zero-order valence-electron chi connectivity index (χ0n) is 14.0. The molecule has 5 nitrogen and oxygen atoms in total. The van der Waals surface area contributed by atoms with Crippen LogP contribution in [0.1, 0.15) is 53.9 Å². The summed E-state index contributed by atoms with van der Waals surface area (Å²) in [5, 5.41) is 11.8. The topological polar surface area (TPSA) is 69.6 Å². The first-order valence-corrected chi connectivity index (χ1v) is 7.89. The van der Waals surface area contributed by atoms with Gasteiger partial charge < -0.3 is 15.3 Å². The number of aliphatic carboxylic acids is 1. The number of piperidine rings is 1. The van der Waals surface area contributed by atoms with E-state index in [1.807, 2.05) is 13.8 Å². The SMILES string of the molecule is CC(C)CC(NC(=O)N1CCC(C(C)(C)C)CC1)C(=O)O. The second-order valence-corrected chi connectivity index (χ2v) is 7.60. The van der Waals surface area contributed by atoms with Crippen LogP contribution < -0.4 is 5.32 Å². The number of carboxylic acids is 1. The van der Waals surface area contributed by atoms with Crippen molar-refractivity contribution in [2.75, 3.05) is 13.1 Å². The molecule has 2 N–H and O–H groups in total. The van der Waals surface area contributed by atoms with E-state index in [0.717, 1.165) is 12.8 Å². The minimum atomic E-state index is -0.957. The van der Waals surface area contributed by atoms with Crippen LogP contribution >= 0.6 is 0 Å². The van der Waals surface area contributed by atoms with E-state index in [4.69, 9.17) is 0 Å². The van der Waals surface area contributed by atoms with Gasteiger partial charge in [0.15, 0.2) is 0 Å². The van der Waals surface area contributed by atoms with Crippen molar-refractivity contribution >= 4 is 12.0 Å². The predicted octanol–water partition coefficient (Wildman–Crippen LogP) is 2.95. The summed E-state index contributed by atoms with van der Waals surface area (Å²) < 4.78 is 0. The fraction of sp³-hybridized carbons (Fsp3) is 0.875. The van der Waals surface area contributed by atoms with Gasteiger partial charge in [0.1, 0.15) is 6.04 Å². The van der Waals surface area contributed by atoms with Gasteiger partial charge in [0.05, 0.1) is 0 Å². The van der Waals surface area contributed by atoms with E-state index in [9.17, 15) is 14.7 Å². The number of hydrogen-bond donors (Lipinski definition) is 2. The number of carbonyl (C=O) groups excluding carboxylic acids is 1. The molecule has 1 atom stereocenters. The number of nitrogens with zero attached hydrogens (tertiary/aromatic N) is 1. The molecule has 1 aliphatic heterocycles. The van der Waals surface area contributed by atoms with Crippen molar-refractivity contribution in [2.24, 2.45) is 17.3 Å². The van der Waals surface area contributed by atoms with Gasteiger partial charge in [-0.1, -0.05) is 34.6 Å².